The van der Waals surface area contributed by atoms with E-state index in [-0.39, 0.29) is 16.2 Å². The van der Waals surface area contributed by atoms with E-state index in [0.29, 0.717) is 0 Å². The maximum Gasteiger partial charge on any atom is 0.0541 e. The van der Waals surface area contributed by atoms with Crippen molar-refractivity contribution >= 4 is 55.9 Å². The Morgan fingerprint density at radius 2 is 0.552 bits per heavy atom. The van der Waals surface area contributed by atoms with E-state index in [0.717, 1.165) is 70.1 Å². The second kappa shape index (κ2) is 26.4. The van der Waals surface area contributed by atoms with E-state index < -0.39 is 0 Å². The lowest BCUT2D eigenvalue weighted by Gasteiger charge is -2.61. The van der Waals surface area contributed by atoms with Crippen molar-refractivity contribution in [3.8, 4) is 83.6 Å². The summed E-state index contributed by atoms with van der Waals surface area (Å²) in [6, 6.07) is 135. The second-order valence-electron chi connectivity index (χ2n) is 36.3. The molecule has 0 amide bonds. The molecular weight excluding hydrogens is 1400 g/mol. The van der Waals surface area contributed by atoms with Gasteiger partial charge in [0.25, 0.3) is 0 Å². The average Bonchev–Trinajstić information content (AvgIpc) is 1.49. The first-order valence-electron chi connectivity index (χ1n) is 43.1. The summed E-state index contributed by atoms with van der Waals surface area (Å²) < 4.78 is 2.40. The Balaban J connectivity index is 0.000000134. The number of rotatable bonds is 11. The summed E-state index contributed by atoms with van der Waals surface area (Å²) in [5.41, 5.74) is 38.6. The molecule has 11 aliphatic rings. The third-order valence-electron chi connectivity index (χ3n) is 30.3. The molecule has 116 heavy (non-hydrogen) atoms. The molecular formula is C113H93N3. The van der Waals surface area contributed by atoms with E-state index >= 15 is 0 Å². The summed E-state index contributed by atoms with van der Waals surface area (Å²) in [6.45, 7) is 4.76. The Kier molecular flexibility index (Phi) is 15.5. The minimum absolute atomic E-state index is 0.0917. The van der Waals surface area contributed by atoms with Gasteiger partial charge in [0.2, 0.25) is 0 Å². The summed E-state index contributed by atoms with van der Waals surface area (Å²) >= 11 is 0. The molecule has 0 atom stereocenters. The zero-order valence-corrected chi connectivity index (χ0v) is 66.1. The number of benzene rings is 15. The highest BCUT2D eigenvalue weighted by atomic mass is 15.2. The van der Waals surface area contributed by atoms with E-state index in [1.165, 1.54) is 192 Å². The second-order valence-corrected chi connectivity index (χ2v) is 36.3. The lowest BCUT2D eigenvalue weighted by Crippen LogP contribution is -2.55. The maximum atomic E-state index is 2.57. The average molecular weight is 1490 g/mol. The largest absolute Gasteiger partial charge is 0.310 e. The van der Waals surface area contributed by atoms with Gasteiger partial charge in [0.05, 0.1) is 22.4 Å². The predicted octanol–water partition coefficient (Wildman–Crippen LogP) is 29.8. The number of aromatic nitrogens is 1. The Morgan fingerprint density at radius 3 is 1.00 bits per heavy atom. The predicted molar refractivity (Wildman–Crippen MR) is 482 cm³/mol. The lowest BCUT2D eigenvalue weighted by atomic mass is 9.43. The molecule has 0 radical (unpaired) electrons. The zero-order chi connectivity index (χ0) is 76.5. The Bertz CT molecular complexity index is 6470. The van der Waals surface area contributed by atoms with Crippen LogP contribution in [0.1, 0.15) is 111 Å². The van der Waals surface area contributed by atoms with Gasteiger partial charge in [-0.05, 0) is 309 Å². The number of nitrogens with zero attached hydrogens (tertiary/aromatic N) is 3. The third kappa shape index (κ3) is 10.2. The fourth-order valence-corrected chi connectivity index (χ4v) is 26.0. The van der Waals surface area contributed by atoms with Crippen molar-refractivity contribution < 1.29 is 0 Å². The van der Waals surface area contributed by atoms with Crippen molar-refractivity contribution in [1.29, 1.82) is 0 Å². The molecule has 11 aliphatic carbocycles. The molecule has 27 rings (SSSR count). The molecule has 2 spiro atoms. The van der Waals surface area contributed by atoms with E-state index in [1.54, 1.807) is 22.3 Å². The third-order valence-corrected chi connectivity index (χ3v) is 30.3. The highest BCUT2D eigenvalue weighted by Crippen LogP contribution is 2.72. The van der Waals surface area contributed by atoms with Gasteiger partial charge < -0.3 is 14.4 Å². The van der Waals surface area contributed by atoms with Gasteiger partial charge in [-0.2, -0.15) is 0 Å². The van der Waals surface area contributed by atoms with E-state index in [2.05, 4.69) is 386 Å². The number of fused-ring (bicyclic) bond motifs is 12. The summed E-state index contributed by atoms with van der Waals surface area (Å²) in [4.78, 5) is 4.96. The van der Waals surface area contributed by atoms with Crippen molar-refractivity contribution in [3.05, 3.63) is 391 Å². The zero-order valence-electron chi connectivity index (χ0n) is 66.1. The molecule has 1 heterocycles. The summed E-state index contributed by atoms with van der Waals surface area (Å²) in [7, 11) is 0. The maximum absolute atomic E-state index is 2.57. The molecule has 8 fully saturated rings. The molecule has 0 saturated heterocycles. The van der Waals surface area contributed by atoms with Crippen molar-refractivity contribution in [3.63, 3.8) is 0 Å². The number of anilines is 6. The Hall–Kier alpha value is -12.3. The summed E-state index contributed by atoms with van der Waals surface area (Å²) in [5, 5.41) is 2.55. The van der Waals surface area contributed by atoms with Crippen LogP contribution in [0.25, 0.3) is 105 Å². The van der Waals surface area contributed by atoms with Crippen molar-refractivity contribution in [2.45, 2.75) is 94.3 Å². The van der Waals surface area contributed by atoms with Gasteiger partial charge in [-0.1, -0.05) is 275 Å². The highest BCUT2D eigenvalue weighted by Gasteiger charge is 2.63. The van der Waals surface area contributed by atoms with Crippen LogP contribution in [0.3, 0.4) is 0 Å². The molecule has 8 bridgehead atoms. The molecule has 3 heteroatoms. The van der Waals surface area contributed by atoms with Crippen LogP contribution in [-0.4, -0.2) is 4.57 Å². The van der Waals surface area contributed by atoms with Crippen molar-refractivity contribution in [2.24, 2.45) is 47.3 Å². The quantitative estimate of drug-likeness (QED) is 0.128. The van der Waals surface area contributed by atoms with E-state index in [1.807, 2.05) is 0 Å². The van der Waals surface area contributed by atoms with Gasteiger partial charge >= 0.3 is 0 Å². The van der Waals surface area contributed by atoms with Crippen LogP contribution < -0.4 is 9.80 Å². The minimum Gasteiger partial charge on any atom is -0.310 e. The fraction of sp³-hybridized carbons (Fsp3) is 0.204. The van der Waals surface area contributed by atoms with Crippen LogP contribution in [0.2, 0.25) is 0 Å². The molecule has 3 nitrogen and oxygen atoms in total. The van der Waals surface area contributed by atoms with Crippen LogP contribution >= 0.6 is 0 Å². The Morgan fingerprint density at radius 1 is 0.233 bits per heavy atom. The smallest absolute Gasteiger partial charge is 0.0541 e. The van der Waals surface area contributed by atoms with Crippen LogP contribution in [-0.2, 0) is 16.2 Å². The molecule has 16 aromatic rings. The van der Waals surface area contributed by atoms with Crippen LogP contribution in [0, 0.1) is 47.3 Å². The van der Waals surface area contributed by atoms with Gasteiger partial charge in [0.15, 0.2) is 0 Å². The van der Waals surface area contributed by atoms with E-state index in [9.17, 15) is 0 Å². The molecule has 0 unspecified atom stereocenters. The summed E-state index contributed by atoms with van der Waals surface area (Å²) in [6.07, 6.45) is 14.2. The molecule has 0 N–H and O–H groups in total. The number of hydrogen-bond acceptors (Lipinski definition) is 2. The van der Waals surface area contributed by atoms with Gasteiger partial charge in [0.1, 0.15) is 0 Å². The van der Waals surface area contributed by atoms with Crippen LogP contribution in [0.4, 0.5) is 34.1 Å². The monoisotopic (exact) mass is 1490 g/mol. The molecule has 8 saturated carbocycles. The standard InChI is InChI=1S/C58H46N2.C55H47N/c1-2-12-40(13-3-1)41-22-25-45(26-23-41)59(46-27-29-47(30-28-46)60-56-20-10-6-16-50(56)51-17-7-11-21-57(51)60)55-19-9-5-14-48(55)42-24-31-54-52(37-42)49-15-4-8-18-53(49)58(54)43-33-38-32-39(35-43)36-44(58)34-38;1-54(2)49-17-9-6-15-45(49)47-26-25-43(34-52(47)54)56(42-23-20-38(21-24-42)37-12-4-3-5-13-37)53-19-11-8-14-44(53)39-22-27-51-48(33-39)46-16-7-10-18-50(46)55(51)40-29-35-28-36(31-40)32-41(55)30-35/h1-31,37-39,43-44H,32-36H2;3-27,33-36,40-41H,28-32H2,1-2H3. The summed E-state index contributed by atoms with van der Waals surface area (Å²) in [5.74, 6) is 6.80. The molecule has 1 aromatic heterocycles. The lowest BCUT2D eigenvalue weighted by molar-refractivity contribution is -0.0399. The topological polar surface area (TPSA) is 11.4 Å². The number of para-hydroxylation sites is 4. The minimum atomic E-state index is -0.0917. The van der Waals surface area contributed by atoms with Gasteiger partial charge in [-0.15, -0.1) is 0 Å². The molecule has 0 aliphatic heterocycles. The first-order valence-corrected chi connectivity index (χ1v) is 43.1. The fourth-order valence-electron chi connectivity index (χ4n) is 26.0. The number of hydrogen-bond donors (Lipinski definition) is 0. The SMILES string of the molecule is CC1(C)c2ccccc2-c2ccc(N(c3ccc(-c4ccccc4)cc3)c3ccccc3-c3ccc4c(c3)-c3ccccc3C43C4CC5CC(C4)CC3C5)cc21.c1ccc(-c2ccc(N(c3ccc(-n4c5ccccc5c5ccccc54)cc3)c3ccccc3-c3ccc4c(c3)-c3ccccc3C43C4CC5CC(C4)CC3C5)cc2)cc1. The highest BCUT2D eigenvalue weighted by molar-refractivity contribution is 6.09. The Labute approximate surface area is 682 Å². The van der Waals surface area contributed by atoms with Gasteiger partial charge in [-0.3, -0.25) is 0 Å². The van der Waals surface area contributed by atoms with Gasteiger partial charge in [0, 0.05) is 66.6 Å². The van der Waals surface area contributed by atoms with Gasteiger partial charge in [-0.25, -0.2) is 0 Å². The first kappa shape index (κ1) is 68.1. The van der Waals surface area contributed by atoms with Crippen molar-refractivity contribution in [2.75, 3.05) is 9.80 Å². The molecule has 15 aromatic carbocycles. The van der Waals surface area contributed by atoms with E-state index in [4.69, 9.17) is 0 Å². The molecule has 560 valence electrons. The van der Waals surface area contributed by atoms with Crippen LogP contribution in [0.15, 0.2) is 358 Å². The first-order chi connectivity index (χ1) is 57.2. The van der Waals surface area contributed by atoms with Crippen LogP contribution in [0.5, 0.6) is 0 Å². The normalized spacial score (nSPS) is 23.1. The van der Waals surface area contributed by atoms with Crippen molar-refractivity contribution in [1.82, 2.24) is 4.57 Å².